The van der Waals surface area contributed by atoms with Crippen LogP contribution in [0.15, 0.2) is 12.2 Å². The second-order valence-corrected chi connectivity index (χ2v) is 4.53. The van der Waals surface area contributed by atoms with Gasteiger partial charge in [0.25, 0.3) is 0 Å². The SMILES string of the molecule is CC(=O)[C@@H]1CC[C@H]2C(=O)C=CC[C@@H]2C1. The van der Waals surface area contributed by atoms with E-state index >= 15 is 0 Å². The molecule has 1 saturated carbocycles. The van der Waals surface area contributed by atoms with Crippen molar-refractivity contribution >= 4 is 11.6 Å². The summed E-state index contributed by atoms with van der Waals surface area (Å²) >= 11 is 0. The lowest BCUT2D eigenvalue weighted by atomic mass is 9.68. The van der Waals surface area contributed by atoms with Gasteiger partial charge in [0.15, 0.2) is 5.78 Å². The van der Waals surface area contributed by atoms with E-state index in [9.17, 15) is 9.59 Å². The zero-order valence-electron chi connectivity index (χ0n) is 8.53. The van der Waals surface area contributed by atoms with Crippen molar-refractivity contribution in [3.63, 3.8) is 0 Å². The Morgan fingerprint density at radius 1 is 1.43 bits per heavy atom. The first kappa shape index (κ1) is 9.63. The Morgan fingerprint density at radius 3 is 2.93 bits per heavy atom. The largest absolute Gasteiger partial charge is 0.300 e. The Balaban J connectivity index is 2.08. The van der Waals surface area contributed by atoms with E-state index in [-0.39, 0.29) is 17.6 Å². The van der Waals surface area contributed by atoms with Gasteiger partial charge in [0, 0.05) is 11.8 Å². The van der Waals surface area contributed by atoms with E-state index in [4.69, 9.17) is 0 Å². The summed E-state index contributed by atoms with van der Waals surface area (Å²) < 4.78 is 0. The van der Waals surface area contributed by atoms with Crippen molar-refractivity contribution in [1.82, 2.24) is 0 Å². The monoisotopic (exact) mass is 192 g/mol. The molecule has 2 aliphatic rings. The molecule has 0 bridgehead atoms. The summed E-state index contributed by atoms with van der Waals surface area (Å²) in [6.07, 6.45) is 7.42. The number of fused-ring (bicyclic) bond motifs is 1. The Labute approximate surface area is 84.4 Å². The first-order valence-electron chi connectivity index (χ1n) is 5.39. The molecule has 0 aromatic rings. The van der Waals surface area contributed by atoms with Crippen LogP contribution in [0.2, 0.25) is 0 Å². The van der Waals surface area contributed by atoms with Gasteiger partial charge in [0.05, 0.1) is 0 Å². The van der Waals surface area contributed by atoms with Gasteiger partial charge in [-0.1, -0.05) is 6.08 Å². The summed E-state index contributed by atoms with van der Waals surface area (Å²) in [5, 5.41) is 0. The van der Waals surface area contributed by atoms with E-state index in [1.165, 1.54) is 0 Å². The molecule has 0 aromatic heterocycles. The summed E-state index contributed by atoms with van der Waals surface area (Å²) in [5.74, 6) is 1.45. The Morgan fingerprint density at radius 2 is 2.21 bits per heavy atom. The van der Waals surface area contributed by atoms with Crippen LogP contribution < -0.4 is 0 Å². The number of carbonyl (C=O) groups excluding carboxylic acids is 2. The molecular formula is C12H16O2. The number of allylic oxidation sites excluding steroid dienone is 2. The van der Waals surface area contributed by atoms with E-state index in [1.54, 1.807) is 13.0 Å². The van der Waals surface area contributed by atoms with Crippen LogP contribution in [0.1, 0.15) is 32.6 Å². The topological polar surface area (TPSA) is 34.1 Å². The van der Waals surface area contributed by atoms with Gasteiger partial charge in [-0.15, -0.1) is 0 Å². The predicted octanol–water partition coefficient (Wildman–Crippen LogP) is 2.14. The zero-order valence-corrected chi connectivity index (χ0v) is 8.53. The zero-order chi connectivity index (χ0) is 10.1. The number of rotatable bonds is 1. The summed E-state index contributed by atoms with van der Waals surface area (Å²) in [7, 11) is 0. The molecule has 0 aromatic carbocycles. The van der Waals surface area contributed by atoms with Gasteiger partial charge in [-0.2, -0.15) is 0 Å². The van der Waals surface area contributed by atoms with Crippen molar-refractivity contribution in [3.05, 3.63) is 12.2 Å². The van der Waals surface area contributed by atoms with E-state index < -0.39 is 0 Å². The van der Waals surface area contributed by atoms with Gasteiger partial charge >= 0.3 is 0 Å². The molecule has 76 valence electrons. The van der Waals surface area contributed by atoms with Crippen LogP contribution in [0.4, 0.5) is 0 Å². The third-order valence-corrected chi connectivity index (χ3v) is 3.64. The van der Waals surface area contributed by atoms with Crippen molar-refractivity contribution in [2.24, 2.45) is 17.8 Å². The number of hydrogen-bond acceptors (Lipinski definition) is 2. The van der Waals surface area contributed by atoms with Crippen LogP contribution in [0.5, 0.6) is 0 Å². The summed E-state index contributed by atoms with van der Waals surface area (Å²) in [6, 6.07) is 0. The van der Waals surface area contributed by atoms with Gasteiger partial charge in [0.1, 0.15) is 5.78 Å². The van der Waals surface area contributed by atoms with E-state index in [0.29, 0.717) is 11.7 Å². The third kappa shape index (κ3) is 1.66. The maximum absolute atomic E-state index is 11.5. The number of carbonyl (C=O) groups is 2. The molecule has 0 amide bonds. The molecule has 14 heavy (non-hydrogen) atoms. The summed E-state index contributed by atoms with van der Waals surface area (Å²) in [5.41, 5.74) is 0. The molecule has 0 spiro atoms. The van der Waals surface area contributed by atoms with Crippen LogP contribution >= 0.6 is 0 Å². The molecule has 2 aliphatic carbocycles. The van der Waals surface area contributed by atoms with E-state index in [0.717, 1.165) is 25.7 Å². The van der Waals surface area contributed by atoms with Crippen molar-refractivity contribution in [1.29, 1.82) is 0 Å². The van der Waals surface area contributed by atoms with Crippen molar-refractivity contribution in [2.75, 3.05) is 0 Å². The van der Waals surface area contributed by atoms with Crippen molar-refractivity contribution < 1.29 is 9.59 Å². The van der Waals surface area contributed by atoms with Gasteiger partial charge in [-0.05, 0) is 44.6 Å². The standard InChI is InChI=1S/C12H16O2/c1-8(13)9-5-6-11-10(7-9)3-2-4-12(11)14/h2,4,9-11H,3,5-7H2,1H3/t9-,10-,11-/m1/s1. The van der Waals surface area contributed by atoms with Gasteiger partial charge in [0.2, 0.25) is 0 Å². The molecule has 3 atom stereocenters. The maximum Gasteiger partial charge on any atom is 0.158 e. The quantitative estimate of drug-likeness (QED) is 0.637. The maximum atomic E-state index is 11.5. The fraction of sp³-hybridized carbons (Fsp3) is 0.667. The fourth-order valence-corrected chi connectivity index (χ4v) is 2.75. The van der Waals surface area contributed by atoms with Crippen LogP contribution in [0, 0.1) is 17.8 Å². The lowest BCUT2D eigenvalue weighted by molar-refractivity contribution is -0.127. The molecule has 2 rings (SSSR count). The van der Waals surface area contributed by atoms with E-state index in [1.807, 2.05) is 6.08 Å². The van der Waals surface area contributed by atoms with Gasteiger partial charge < -0.3 is 0 Å². The molecule has 2 heteroatoms. The van der Waals surface area contributed by atoms with Crippen LogP contribution in [0.3, 0.4) is 0 Å². The lowest BCUT2D eigenvalue weighted by Gasteiger charge is -2.35. The minimum atomic E-state index is 0.218. The molecule has 0 heterocycles. The molecule has 0 aliphatic heterocycles. The number of Topliss-reactive ketones (excluding diaryl/α,β-unsaturated/α-hetero) is 1. The van der Waals surface area contributed by atoms with Gasteiger partial charge in [-0.25, -0.2) is 0 Å². The van der Waals surface area contributed by atoms with E-state index in [2.05, 4.69) is 0 Å². The highest BCUT2D eigenvalue weighted by atomic mass is 16.1. The smallest absolute Gasteiger partial charge is 0.158 e. The highest BCUT2D eigenvalue weighted by Crippen LogP contribution is 2.39. The molecule has 2 nitrogen and oxygen atoms in total. The second kappa shape index (κ2) is 3.68. The summed E-state index contributed by atoms with van der Waals surface area (Å²) in [6.45, 7) is 1.67. The molecule has 0 radical (unpaired) electrons. The van der Waals surface area contributed by atoms with Crippen LogP contribution in [-0.4, -0.2) is 11.6 Å². The Bertz CT molecular complexity index is 291. The minimum Gasteiger partial charge on any atom is -0.300 e. The fourth-order valence-electron chi connectivity index (χ4n) is 2.75. The number of ketones is 2. The minimum absolute atomic E-state index is 0.218. The average molecular weight is 192 g/mol. The summed E-state index contributed by atoms with van der Waals surface area (Å²) in [4.78, 5) is 22.8. The van der Waals surface area contributed by atoms with Crippen LogP contribution in [0.25, 0.3) is 0 Å². The first-order valence-corrected chi connectivity index (χ1v) is 5.39. The normalized spacial score (nSPS) is 36.6. The van der Waals surface area contributed by atoms with Crippen molar-refractivity contribution in [3.8, 4) is 0 Å². The van der Waals surface area contributed by atoms with Gasteiger partial charge in [-0.3, -0.25) is 9.59 Å². The number of hydrogen-bond donors (Lipinski definition) is 0. The molecule has 0 saturated heterocycles. The predicted molar refractivity (Wildman–Crippen MR) is 53.8 cm³/mol. The van der Waals surface area contributed by atoms with Crippen molar-refractivity contribution in [2.45, 2.75) is 32.6 Å². The third-order valence-electron chi connectivity index (χ3n) is 3.64. The first-order chi connectivity index (χ1) is 6.68. The average Bonchev–Trinajstić information content (AvgIpc) is 2.17. The molecule has 0 unspecified atom stereocenters. The second-order valence-electron chi connectivity index (χ2n) is 4.53. The molecule has 1 fully saturated rings. The highest BCUT2D eigenvalue weighted by Gasteiger charge is 2.36. The highest BCUT2D eigenvalue weighted by molar-refractivity contribution is 5.93. The Hall–Kier alpha value is -0.920. The molecular weight excluding hydrogens is 176 g/mol. The lowest BCUT2D eigenvalue weighted by Crippen LogP contribution is -2.33. The van der Waals surface area contributed by atoms with Crippen LogP contribution in [-0.2, 0) is 9.59 Å². The Kier molecular flexibility index (Phi) is 2.53. The molecule has 0 N–H and O–H groups in total.